The molecule has 8 heteroatoms. The molecule has 0 aliphatic rings. The van der Waals surface area contributed by atoms with Crippen molar-refractivity contribution in [1.82, 2.24) is 9.62 Å². The van der Waals surface area contributed by atoms with Gasteiger partial charge in [0.1, 0.15) is 5.75 Å². The lowest BCUT2D eigenvalue weighted by Crippen LogP contribution is -2.26. The third-order valence-corrected chi connectivity index (χ3v) is 6.55. The second-order valence-electron chi connectivity index (χ2n) is 5.10. The minimum absolute atomic E-state index is 0.145. The van der Waals surface area contributed by atoms with Gasteiger partial charge in [-0.25, -0.2) is 12.7 Å². The van der Waals surface area contributed by atoms with Crippen LogP contribution in [0.3, 0.4) is 0 Å². The van der Waals surface area contributed by atoms with Crippen molar-refractivity contribution < 1.29 is 17.9 Å². The van der Waals surface area contributed by atoms with Crippen LogP contribution in [0.25, 0.3) is 0 Å². The zero-order valence-corrected chi connectivity index (χ0v) is 15.4. The van der Waals surface area contributed by atoms with Crippen LogP contribution in [0.5, 0.6) is 5.75 Å². The van der Waals surface area contributed by atoms with Crippen LogP contribution in [0.4, 0.5) is 0 Å². The predicted molar refractivity (Wildman–Crippen MR) is 94.0 cm³/mol. The molecule has 2 rings (SSSR count). The highest BCUT2D eigenvalue weighted by Crippen LogP contribution is 2.22. The summed E-state index contributed by atoms with van der Waals surface area (Å²) < 4.78 is 30.8. The summed E-state index contributed by atoms with van der Waals surface area (Å²) in [7, 11) is -0.424. The van der Waals surface area contributed by atoms with Gasteiger partial charge in [-0.2, -0.15) is 0 Å². The van der Waals surface area contributed by atoms with Crippen LogP contribution in [0, 0.1) is 0 Å². The Morgan fingerprint density at radius 3 is 2.54 bits per heavy atom. The van der Waals surface area contributed by atoms with Crippen LogP contribution in [0.15, 0.2) is 40.6 Å². The molecule has 1 N–H and O–H groups in total. The van der Waals surface area contributed by atoms with Crippen molar-refractivity contribution >= 4 is 27.3 Å². The Hall–Kier alpha value is -1.90. The Kier molecular flexibility index (Phi) is 5.98. The summed E-state index contributed by atoms with van der Waals surface area (Å²) in [6.45, 7) is 2.49. The van der Waals surface area contributed by atoms with Crippen molar-refractivity contribution in [3.05, 3.63) is 46.2 Å². The number of ether oxygens (including phenoxy) is 1. The normalized spacial score (nSPS) is 11.5. The first-order valence-corrected chi connectivity index (χ1v) is 9.66. The molecule has 0 unspecified atom stereocenters. The fourth-order valence-corrected chi connectivity index (χ4v) is 4.29. The van der Waals surface area contributed by atoms with Crippen LogP contribution in [0.1, 0.15) is 22.2 Å². The second-order valence-corrected chi connectivity index (χ2v) is 8.05. The van der Waals surface area contributed by atoms with E-state index in [-0.39, 0.29) is 10.8 Å². The Labute approximate surface area is 146 Å². The molecule has 1 heterocycles. The predicted octanol–water partition coefficient (Wildman–Crippen LogP) is 2.33. The number of benzene rings is 1. The van der Waals surface area contributed by atoms with E-state index in [0.29, 0.717) is 18.0 Å². The molecular weight excluding hydrogens is 348 g/mol. The molecule has 130 valence electrons. The molecule has 1 aromatic heterocycles. The minimum atomic E-state index is -3.53. The van der Waals surface area contributed by atoms with Gasteiger partial charge in [0.2, 0.25) is 10.0 Å². The number of carbonyl (C=O) groups excluding carboxylic acids is 1. The largest absolute Gasteiger partial charge is 0.497 e. The lowest BCUT2D eigenvalue weighted by atomic mass is 10.2. The first-order valence-electron chi connectivity index (χ1n) is 7.34. The average molecular weight is 368 g/mol. The molecule has 0 radical (unpaired) electrons. The number of thiophene rings is 1. The lowest BCUT2D eigenvalue weighted by molar-refractivity contribution is 0.0955. The van der Waals surface area contributed by atoms with E-state index in [0.717, 1.165) is 22.6 Å². The molecule has 0 saturated heterocycles. The molecule has 2 aromatic rings. The second kappa shape index (κ2) is 7.78. The van der Waals surface area contributed by atoms with E-state index in [1.54, 1.807) is 14.0 Å². The third-order valence-electron chi connectivity index (χ3n) is 3.56. The topological polar surface area (TPSA) is 75.7 Å². The number of amides is 1. The molecule has 0 saturated carbocycles. The molecule has 1 aromatic carbocycles. The fraction of sp³-hybridized carbons (Fsp3) is 0.312. The van der Waals surface area contributed by atoms with Gasteiger partial charge in [-0.05, 0) is 23.8 Å². The molecule has 24 heavy (non-hydrogen) atoms. The standard InChI is InChI=1S/C16H20N2O4S2/c1-4-18(2)24(20,21)14-9-15(23-11-14)16(19)17-10-12-5-7-13(22-3)8-6-12/h5-9,11H,4,10H2,1-3H3,(H,17,19). The Balaban J connectivity index is 2.03. The average Bonchev–Trinajstić information content (AvgIpc) is 3.10. The van der Waals surface area contributed by atoms with Gasteiger partial charge in [-0.1, -0.05) is 19.1 Å². The molecule has 6 nitrogen and oxygen atoms in total. The lowest BCUT2D eigenvalue weighted by Gasteiger charge is -2.12. The summed E-state index contributed by atoms with van der Waals surface area (Å²) in [6, 6.07) is 8.77. The van der Waals surface area contributed by atoms with Gasteiger partial charge in [0, 0.05) is 25.5 Å². The zero-order valence-electron chi connectivity index (χ0n) is 13.8. The highest BCUT2D eigenvalue weighted by atomic mass is 32.2. The van der Waals surface area contributed by atoms with Crippen molar-refractivity contribution in [2.45, 2.75) is 18.4 Å². The first-order chi connectivity index (χ1) is 11.4. The summed E-state index contributed by atoms with van der Waals surface area (Å²) in [4.78, 5) is 12.7. The highest BCUT2D eigenvalue weighted by Gasteiger charge is 2.22. The van der Waals surface area contributed by atoms with E-state index < -0.39 is 10.0 Å². The van der Waals surface area contributed by atoms with Gasteiger partial charge < -0.3 is 10.1 Å². The number of carbonyl (C=O) groups is 1. The molecule has 0 aliphatic carbocycles. The van der Waals surface area contributed by atoms with E-state index in [2.05, 4.69) is 5.32 Å². The summed E-state index contributed by atoms with van der Waals surface area (Å²) in [5, 5.41) is 4.27. The van der Waals surface area contributed by atoms with Gasteiger partial charge in [-0.3, -0.25) is 4.79 Å². The monoisotopic (exact) mass is 368 g/mol. The van der Waals surface area contributed by atoms with Gasteiger partial charge >= 0.3 is 0 Å². The van der Waals surface area contributed by atoms with Crippen LogP contribution >= 0.6 is 11.3 Å². The minimum Gasteiger partial charge on any atom is -0.497 e. The van der Waals surface area contributed by atoms with Crippen molar-refractivity contribution in [2.75, 3.05) is 20.7 Å². The van der Waals surface area contributed by atoms with E-state index >= 15 is 0 Å². The molecule has 1 amide bonds. The molecule has 0 bridgehead atoms. The molecule has 0 aliphatic heterocycles. The zero-order chi connectivity index (χ0) is 17.7. The van der Waals surface area contributed by atoms with E-state index in [4.69, 9.17) is 4.74 Å². The summed E-state index contributed by atoms with van der Waals surface area (Å²) in [5.41, 5.74) is 0.930. The van der Waals surface area contributed by atoms with Crippen LogP contribution in [0.2, 0.25) is 0 Å². The third kappa shape index (κ3) is 4.14. The first kappa shape index (κ1) is 18.4. The number of nitrogens with one attached hydrogen (secondary N) is 1. The summed E-state index contributed by atoms with van der Waals surface area (Å²) >= 11 is 1.12. The van der Waals surface area contributed by atoms with Crippen LogP contribution in [-0.2, 0) is 16.6 Å². The number of nitrogens with zero attached hydrogens (tertiary/aromatic N) is 1. The van der Waals surface area contributed by atoms with Gasteiger partial charge in [0.25, 0.3) is 5.91 Å². The highest BCUT2D eigenvalue weighted by molar-refractivity contribution is 7.89. The molecule has 0 fully saturated rings. The summed E-state index contributed by atoms with van der Waals surface area (Å²) in [5.74, 6) is 0.453. The SMILES string of the molecule is CCN(C)S(=O)(=O)c1csc(C(=O)NCc2ccc(OC)cc2)c1. The van der Waals surface area contributed by atoms with Gasteiger partial charge in [-0.15, -0.1) is 11.3 Å². The number of sulfonamides is 1. The maximum absolute atomic E-state index is 12.2. The number of hydrogen-bond acceptors (Lipinski definition) is 5. The maximum atomic E-state index is 12.2. The van der Waals surface area contributed by atoms with E-state index in [9.17, 15) is 13.2 Å². The maximum Gasteiger partial charge on any atom is 0.261 e. The van der Waals surface area contributed by atoms with Crippen molar-refractivity contribution in [2.24, 2.45) is 0 Å². The van der Waals surface area contributed by atoms with Crippen molar-refractivity contribution in [3.8, 4) is 5.75 Å². The Bertz CT molecular complexity index is 798. The number of hydrogen-bond donors (Lipinski definition) is 1. The van der Waals surface area contributed by atoms with Crippen LogP contribution < -0.4 is 10.1 Å². The van der Waals surface area contributed by atoms with E-state index in [1.165, 1.54) is 22.8 Å². The smallest absolute Gasteiger partial charge is 0.261 e. The van der Waals surface area contributed by atoms with Crippen molar-refractivity contribution in [3.63, 3.8) is 0 Å². The molecule has 0 atom stereocenters. The quantitative estimate of drug-likeness (QED) is 0.814. The molecular formula is C16H20N2O4S2. The van der Waals surface area contributed by atoms with Gasteiger partial charge in [0.05, 0.1) is 16.9 Å². The Morgan fingerprint density at radius 2 is 1.96 bits per heavy atom. The van der Waals surface area contributed by atoms with Crippen molar-refractivity contribution in [1.29, 1.82) is 0 Å². The fourth-order valence-electron chi connectivity index (χ4n) is 1.94. The van der Waals surface area contributed by atoms with E-state index in [1.807, 2.05) is 24.3 Å². The number of methoxy groups -OCH3 is 1. The Morgan fingerprint density at radius 1 is 1.29 bits per heavy atom. The van der Waals surface area contributed by atoms with Crippen LogP contribution in [-0.4, -0.2) is 39.3 Å². The van der Waals surface area contributed by atoms with Gasteiger partial charge in [0.15, 0.2) is 0 Å². The summed E-state index contributed by atoms with van der Waals surface area (Å²) in [6.07, 6.45) is 0. The number of rotatable bonds is 7. The molecule has 0 spiro atoms.